The zero-order valence-corrected chi connectivity index (χ0v) is 13.5. The molecule has 0 fully saturated rings. The van der Waals surface area contributed by atoms with Crippen LogP contribution in [0.2, 0.25) is 0 Å². The summed E-state index contributed by atoms with van der Waals surface area (Å²) in [7, 11) is 1.83. The summed E-state index contributed by atoms with van der Waals surface area (Å²) < 4.78 is 5.71. The molecule has 0 heterocycles. The lowest BCUT2D eigenvalue weighted by Crippen LogP contribution is -2.05. The molecule has 0 aromatic heterocycles. The Kier molecular flexibility index (Phi) is 6.57. The lowest BCUT2D eigenvalue weighted by atomic mass is 9.90. The van der Waals surface area contributed by atoms with Crippen LogP contribution >= 0.6 is 0 Å². The van der Waals surface area contributed by atoms with Crippen LogP contribution in [-0.4, -0.2) is 7.11 Å². The lowest BCUT2D eigenvalue weighted by molar-refractivity contribution is 0.0934. The molecule has 0 aliphatic rings. The standard InChI is InChI=1S/C18H30O/c1-7-8-9-18(19-6)17-11-15(13(2)3)10-16(12-17)14(4)5/h10-14,18H,7-9H2,1-6H3. The minimum Gasteiger partial charge on any atom is -0.377 e. The first-order valence-electron chi connectivity index (χ1n) is 7.67. The van der Waals surface area contributed by atoms with Crippen LogP contribution in [0, 0.1) is 0 Å². The number of hydrogen-bond donors (Lipinski definition) is 0. The van der Waals surface area contributed by atoms with Gasteiger partial charge in [0.25, 0.3) is 0 Å². The van der Waals surface area contributed by atoms with Gasteiger partial charge in [-0.25, -0.2) is 0 Å². The molecule has 0 aliphatic heterocycles. The van der Waals surface area contributed by atoms with Gasteiger partial charge in [-0.3, -0.25) is 0 Å². The molecule has 0 amide bonds. The van der Waals surface area contributed by atoms with Gasteiger partial charge < -0.3 is 4.74 Å². The highest BCUT2D eigenvalue weighted by Crippen LogP contribution is 2.30. The van der Waals surface area contributed by atoms with E-state index in [4.69, 9.17) is 4.74 Å². The maximum absolute atomic E-state index is 5.71. The molecule has 0 aliphatic carbocycles. The lowest BCUT2D eigenvalue weighted by Gasteiger charge is -2.20. The molecule has 0 saturated heterocycles. The largest absolute Gasteiger partial charge is 0.377 e. The highest BCUT2D eigenvalue weighted by Gasteiger charge is 2.14. The first-order chi connectivity index (χ1) is 8.99. The van der Waals surface area contributed by atoms with Gasteiger partial charge in [0.2, 0.25) is 0 Å². The molecule has 0 bridgehead atoms. The number of benzene rings is 1. The number of methoxy groups -OCH3 is 1. The molecule has 1 aromatic rings. The minimum atomic E-state index is 0.246. The molecule has 0 spiro atoms. The summed E-state index contributed by atoms with van der Waals surface area (Å²) in [5, 5.41) is 0. The van der Waals surface area contributed by atoms with E-state index in [0.717, 1.165) is 6.42 Å². The van der Waals surface area contributed by atoms with Crippen molar-refractivity contribution in [2.24, 2.45) is 0 Å². The molecular formula is C18H30O. The first kappa shape index (κ1) is 16.2. The molecule has 0 radical (unpaired) electrons. The van der Waals surface area contributed by atoms with Gasteiger partial charge in [0.15, 0.2) is 0 Å². The maximum atomic E-state index is 5.71. The van der Waals surface area contributed by atoms with Crippen LogP contribution in [0.1, 0.15) is 88.5 Å². The summed E-state index contributed by atoms with van der Waals surface area (Å²) in [6, 6.07) is 7.02. The van der Waals surface area contributed by atoms with E-state index in [1.165, 1.54) is 29.5 Å². The van der Waals surface area contributed by atoms with Crippen molar-refractivity contribution in [3.63, 3.8) is 0 Å². The van der Waals surface area contributed by atoms with Crippen LogP contribution in [0.3, 0.4) is 0 Å². The Balaban J connectivity index is 3.09. The van der Waals surface area contributed by atoms with E-state index in [0.29, 0.717) is 11.8 Å². The van der Waals surface area contributed by atoms with Crippen LogP contribution in [0.15, 0.2) is 18.2 Å². The van der Waals surface area contributed by atoms with E-state index in [1.54, 1.807) is 0 Å². The summed E-state index contributed by atoms with van der Waals surface area (Å²) in [4.78, 5) is 0. The zero-order chi connectivity index (χ0) is 14.4. The van der Waals surface area contributed by atoms with Gasteiger partial charge in [-0.1, -0.05) is 65.7 Å². The van der Waals surface area contributed by atoms with Crippen molar-refractivity contribution < 1.29 is 4.74 Å². The Morgan fingerprint density at radius 1 is 0.895 bits per heavy atom. The second-order valence-electron chi connectivity index (χ2n) is 6.11. The predicted molar refractivity (Wildman–Crippen MR) is 83.9 cm³/mol. The Hall–Kier alpha value is -0.820. The second kappa shape index (κ2) is 7.69. The third-order valence-electron chi connectivity index (χ3n) is 3.81. The molecule has 1 atom stereocenters. The van der Waals surface area contributed by atoms with Crippen molar-refractivity contribution in [1.29, 1.82) is 0 Å². The molecule has 1 unspecified atom stereocenters. The van der Waals surface area contributed by atoms with E-state index in [2.05, 4.69) is 52.8 Å². The van der Waals surface area contributed by atoms with Crippen molar-refractivity contribution >= 4 is 0 Å². The Morgan fingerprint density at radius 3 is 1.74 bits per heavy atom. The Bertz CT molecular complexity index is 353. The summed E-state index contributed by atoms with van der Waals surface area (Å²) in [6.45, 7) is 11.3. The highest BCUT2D eigenvalue weighted by atomic mass is 16.5. The maximum Gasteiger partial charge on any atom is 0.0821 e. The highest BCUT2D eigenvalue weighted by molar-refractivity contribution is 5.34. The van der Waals surface area contributed by atoms with E-state index < -0.39 is 0 Å². The van der Waals surface area contributed by atoms with Crippen LogP contribution in [0.25, 0.3) is 0 Å². The molecule has 1 rings (SSSR count). The number of hydrogen-bond acceptors (Lipinski definition) is 1. The van der Waals surface area contributed by atoms with Crippen LogP contribution < -0.4 is 0 Å². The molecule has 1 heteroatoms. The fourth-order valence-corrected chi connectivity index (χ4v) is 2.37. The SMILES string of the molecule is CCCCC(OC)c1cc(C(C)C)cc(C(C)C)c1. The molecule has 1 aromatic carbocycles. The quantitative estimate of drug-likeness (QED) is 0.602. The summed E-state index contributed by atoms with van der Waals surface area (Å²) in [5.41, 5.74) is 4.21. The van der Waals surface area contributed by atoms with Crippen molar-refractivity contribution in [3.05, 3.63) is 34.9 Å². The molecule has 19 heavy (non-hydrogen) atoms. The van der Waals surface area contributed by atoms with Gasteiger partial charge >= 0.3 is 0 Å². The number of rotatable bonds is 7. The average Bonchev–Trinajstić information content (AvgIpc) is 2.39. The smallest absolute Gasteiger partial charge is 0.0821 e. The average molecular weight is 262 g/mol. The topological polar surface area (TPSA) is 9.23 Å². The van der Waals surface area contributed by atoms with Gasteiger partial charge in [-0.15, -0.1) is 0 Å². The Morgan fingerprint density at radius 2 is 1.37 bits per heavy atom. The van der Waals surface area contributed by atoms with E-state index in [1.807, 2.05) is 7.11 Å². The predicted octanol–water partition coefficient (Wildman–Crippen LogP) is 5.81. The monoisotopic (exact) mass is 262 g/mol. The van der Waals surface area contributed by atoms with Gasteiger partial charge in [0.1, 0.15) is 0 Å². The fourth-order valence-electron chi connectivity index (χ4n) is 2.37. The molecule has 0 N–H and O–H groups in total. The van der Waals surface area contributed by atoms with Gasteiger partial charge in [-0.05, 0) is 34.9 Å². The number of unbranched alkanes of at least 4 members (excludes halogenated alkanes) is 1. The zero-order valence-electron chi connectivity index (χ0n) is 13.5. The Labute approximate surface area is 119 Å². The van der Waals surface area contributed by atoms with Crippen molar-refractivity contribution in [2.45, 2.75) is 71.8 Å². The first-order valence-corrected chi connectivity index (χ1v) is 7.67. The van der Waals surface area contributed by atoms with E-state index in [-0.39, 0.29) is 6.10 Å². The summed E-state index contributed by atoms with van der Waals surface area (Å²) in [6.07, 6.45) is 3.81. The molecule has 1 nitrogen and oxygen atoms in total. The van der Waals surface area contributed by atoms with Crippen LogP contribution in [0.4, 0.5) is 0 Å². The van der Waals surface area contributed by atoms with Crippen LogP contribution in [0.5, 0.6) is 0 Å². The van der Waals surface area contributed by atoms with Crippen molar-refractivity contribution in [2.75, 3.05) is 7.11 Å². The van der Waals surface area contributed by atoms with Gasteiger partial charge in [0.05, 0.1) is 6.10 Å². The number of ether oxygens (including phenoxy) is 1. The van der Waals surface area contributed by atoms with Crippen molar-refractivity contribution in [1.82, 2.24) is 0 Å². The normalized spacial score (nSPS) is 13.3. The fraction of sp³-hybridized carbons (Fsp3) is 0.667. The third kappa shape index (κ3) is 4.65. The third-order valence-corrected chi connectivity index (χ3v) is 3.81. The minimum absolute atomic E-state index is 0.246. The molecule has 0 saturated carbocycles. The van der Waals surface area contributed by atoms with Gasteiger partial charge in [-0.2, -0.15) is 0 Å². The molecular weight excluding hydrogens is 232 g/mol. The van der Waals surface area contributed by atoms with Gasteiger partial charge in [0, 0.05) is 7.11 Å². The van der Waals surface area contributed by atoms with E-state index in [9.17, 15) is 0 Å². The summed E-state index contributed by atoms with van der Waals surface area (Å²) in [5.74, 6) is 1.14. The summed E-state index contributed by atoms with van der Waals surface area (Å²) >= 11 is 0. The van der Waals surface area contributed by atoms with Crippen LogP contribution in [-0.2, 0) is 4.74 Å². The second-order valence-corrected chi connectivity index (χ2v) is 6.11. The van der Waals surface area contributed by atoms with E-state index >= 15 is 0 Å². The molecule has 108 valence electrons. The van der Waals surface area contributed by atoms with Crippen molar-refractivity contribution in [3.8, 4) is 0 Å².